The molecule has 0 spiro atoms. The van der Waals surface area contributed by atoms with Crippen molar-refractivity contribution in [2.24, 2.45) is 11.5 Å². The van der Waals surface area contributed by atoms with Gasteiger partial charge in [0.2, 0.25) is 0 Å². The summed E-state index contributed by atoms with van der Waals surface area (Å²) in [5, 5.41) is 6.66. The molecule has 68 heavy (non-hydrogen) atoms. The van der Waals surface area contributed by atoms with Gasteiger partial charge in [-0.2, -0.15) is 0 Å². The van der Waals surface area contributed by atoms with Gasteiger partial charge in [-0.05, 0) is 51.0 Å². The lowest BCUT2D eigenvalue weighted by atomic mass is 9.80. The lowest BCUT2D eigenvalue weighted by Gasteiger charge is -2.32. The van der Waals surface area contributed by atoms with Crippen molar-refractivity contribution in [3.8, 4) is 0 Å². The largest absolute Gasteiger partial charge is 0.466 e. The number of methoxy groups -OCH3 is 2. The summed E-state index contributed by atoms with van der Waals surface area (Å²) in [5.74, 6) is -7.07. The number of hydrogen-bond donors (Lipinski definition) is 4. The zero-order valence-electron chi connectivity index (χ0n) is 38.0. The van der Waals surface area contributed by atoms with Gasteiger partial charge in [-0.3, -0.25) is 0 Å². The van der Waals surface area contributed by atoms with E-state index in [2.05, 4.69) is 10.6 Å². The van der Waals surface area contributed by atoms with Crippen LogP contribution in [0.15, 0.2) is 93.6 Å². The van der Waals surface area contributed by atoms with Crippen LogP contribution in [0.2, 0.25) is 20.1 Å². The van der Waals surface area contributed by atoms with Crippen molar-refractivity contribution in [2.45, 2.75) is 51.7 Å². The van der Waals surface area contributed by atoms with Gasteiger partial charge in [0, 0.05) is 36.6 Å². The molecule has 4 rings (SSSR count). The third-order valence-electron chi connectivity index (χ3n) is 10.2. The minimum absolute atomic E-state index is 0.00407. The van der Waals surface area contributed by atoms with Gasteiger partial charge in [-0.25, -0.2) is 28.8 Å². The Morgan fingerprint density at radius 2 is 0.971 bits per heavy atom. The zero-order valence-corrected chi connectivity index (χ0v) is 41.0. The second-order valence-electron chi connectivity index (χ2n) is 14.6. The Kier molecular flexibility index (Phi) is 21.4. The highest BCUT2D eigenvalue weighted by molar-refractivity contribution is 6.43. The smallest absolute Gasteiger partial charge is 0.336 e. The minimum atomic E-state index is -1.07. The standard InChI is InChI=1S/C46H52Cl4N4O14/c1-7-65-45(59)39-31(53-23(3)35(43(57)61-5)37(39)27-11-9-13-29(47)41(27)49)21-63-19-25(17-51)67-33(55)15-16-34(56)68-26(18-52)20-64-22-32-40(46(60)66-8-2)38(28-12-10-14-30(48)42(28)50)36(24(4)54-32)44(58)62-6/h9-16,25-26,37-38,53-54H,7-8,17-22,51-52H2,1-6H3/b16-15+. The van der Waals surface area contributed by atoms with Gasteiger partial charge in [0.25, 0.3) is 0 Å². The molecule has 2 aliphatic rings. The Hall–Kier alpha value is -5.44. The van der Waals surface area contributed by atoms with E-state index in [4.69, 9.17) is 95.8 Å². The first-order valence-electron chi connectivity index (χ1n) is 20.9. The van der Waals surface area contributed by atoms with Crippen LogP contribution in [0.3, 0.4) is 0 Å². The zero-order chi connectivity index (χ0) is 50.2. The number of rotatable bonds is 22. The molecule has 0 fully saturated rings. The van der Waals surface area contributed by atoms with Crippen LogP contribution in [-0.4, -0.2) is 115 Å². The Morgan fingerprint density at radius 1 is 0.603 bits per heavy atom. The lowest BCUT2D eigenvalue weighted by Crippen LogP contribution is -2.36. The van der Waals surface area contributed by atoms with Gasteiger partial charge >= 0.3 is 35.8 Å². The summed E-state index contributed by atoms with van der Waals surface area (Å²) in [4.78, 5) is 78.9. The Morgan fingerprint density at radius 3 is 1.29 bits per heavy atom. The lowest BCUT2D eigenvalue weighted by molar-refractivity contribution is -0.148. The molecule has 0 radical (unpaired) electrons. The highest BCUT2D eigenvalue weighted by Gasteiger charge is 2.42. The molecule has 4 atom stereocenters. The Bertz CT molecular complexity index is 2250. The normalized spacial score (nSPS) is 17.0. The van der Waals surface area contributed by atoms with E-state index in [1.165, 1.54) is 14.2 Å². The van der Waals surface area contributed by atoms with Gasteiger partial charge in [-0.15, -0.1) is 0 Å². The van der Waals surface area contributed by atoms with Crippen molar-refractivity contribution < 1.29 is 66.7 Å². The van der Waals surface area contributed by atoms with Crippen LogP contribution in [-0.2, 0) is 66.7 Å². The van der Waals surface area contributed by atoms with Gasteiger partial charge in [0.1, 0.15) is 12.2 Å². The number of carbonyl (C=O) groups excluding carboxylic acids is 6. The molecule has 2 aliphatic heterocycles. The predicted molar refractivity (Wildman–Crippen MR) is 250 cm³/mol. The summed E-state index contributed by atoms with van der Waals surface area (Å²) < 4.78 is 43.4. The molecule has 2 aromatic carbocycles. The maximum Gasteiger partial charge on any atom is 0.336 e. The fourth-order valence-corrected chi connectivity index (χ4v) is 8.05. The third-order valence-corrected chi connectivity index (χ3v) is 11.9. The highest BCUT2D eigenvalue weighted by atomic mass is 35.5. The van der Waals surface area contributed by atoms with Gasteiger partial charge < -0.3 is 60.0 Å². The van der Waals surface area contributed by atoms with E-state index in [1.54, 1.807) is 64.1 Å². The second kappa shape index (κ2) is 26.4. The molecule has 0 saturated carbocycles. The summed E-state index contributed by atoms with van der Waals surface area (Å²) in [6.07, 6.45) is -0.406. The van der Waals surface area contributed by atoms with E-state index in [-0.39, 0.29) is 107 Å². The topological polar surface area (TPSA) is 252 Å². The summed E-state index contributed by atoms with van der Waals surface area (Å²) in [6.45, 7) is 5.00. The number of allylic oxidation sites excluding steroid dienone is 2. The van der Waals surface area contributed by atoms with E-state index in [0.717, 1.165) is 12.2 Å². The molecule has 0 aliphatic carbocycles. The summed E-state index contributed by atoms with van der Waals surface area (Å²) in [7, 11) is 2.40. The van der Waals surface area contributed by atoms with E-state index in [0.29, 0.717) is 22.5 Å². The van der Waals surface area contributed by atoms with Gasteiger partial charge in [0.05, 0.1) is 119 Å². The average Bonchev–Trinajstić information content (AvgIpc) is 3.31. The summed E-state index contributed by atoms with van der Waals surface area (Å²) in [6, 6.07) is 9.59. The number of carbonyl (C=O) groups is 6. The number of esters is 6. The molecular weight excluding hydrogens is 974 g/mol. The Labute approximate surface area is 412 Å². The first-order valence-corrected chi connectivity index (χ1v) is 22.4. The molecule has 2 aromatic rings. The van der Waals surface area contributed by atoms with E-state index < -0.39 is 59.9 Å². The molecule has 18 nitrogen and oxygen atoms in total. The quantitative estimate of drug-likeness (QED) is 0.0669. The van der Waals surface area contributed by atoms with Crippen molar-refractivity contribution >= 4 is 82.2 Å². The third kappa shape index (κ3) is 13.6. The van der Waals surface area contributed by atoms with Crippen molar-refractivity contribution in [1.29, 1.82) is 0 Å². The van der Waals surface area contributed by atoms with Crippen LogP contribution >= 0.6 is 46.4 Å². The average molecular weight is 1030 g/mol. The van der Waals surface area contributed by atoms with Crippen LogP contribution < -0.4 is 22.1 Å². The molecule has 368 valence electrons. The number of dihydropyridines is 2. The minimum Gasteiger partial charge on any atom is -0.466 e. The molecule has 0 saturated heterocycles. The SMILES string of the molecule is CCOC(=O)C1=C(COCC(CN)OC(=O)/C=C/C(=O)OC(CN)COCC2=C(C(=O)OCC)C(c3cccc(Cl)c3Cl)C(C(=O)OC)=C(C)N2)NC(C)=C(C(=O)OC)C1c1cccc(Cl)c1Cl. The molecule has 0 aromatic heterocycles. The molecule has 2 heterocycles. The number of nitrogens with one attached hydrogen (secondary N) is 2. The molecule has 22 heteroatoms. The molecule has 4 unspecified atom stereocenters. The van der Waals surface area contributed by atoms with Crippen molar-refractivity contribution in [3.05, 3.63) is 125 Å². The summed E-state index contributed by atoms with van der Waals surface area (Å²) in [5.41, 5.74) is 13.7. The maximum absolute atomic E-state index is 13.5. The fourth-order valence-electron chi connectivity index (χ4n) is 7.22. The monoisotopic (exact) mass is 1020 g/mol. The predicted octanol–water partition coefficient (Wildman–Crippen LogP) is 5.23. The van der Waals surface area contributed by atoms with Crippen LogP contribution in [0.25, 0.3) is 0 Å². The summed E-state index contributed by atoms with van der Waals surface area (Å²) >= 11 is 25.9. The number of halogens is 4. The fraction of sp³-hybridized carbons (Fsp3) is 0.391. The first-order chi connectivity index (χ1) is 32.5. The first kappa shape index (κ1) is 55.2. The van der Waals surface area contributed by atoms with Crippen LogP contribution in [0.4, 0.5) is 0 Å². The van der Waals surface area contributed by atoms with Crippen molar-refractivity contribution in [2.75, 3.05) is 67.0 Å². The van der Waals surface area contributed by atoms with E-state index >= 15 is 0 Å². The number of benzene rings is 2. The van der Waals surface area contributed by atoms with E-state index in [1.807, 2.05) is 0 Å². The van der Waals surface area contributed by atoms with Crippen molar-refractivity contribution in [3.63, 3.8) is 0 Å². The van der Waals surface area contributed by atoms with Gasteiger partial charge in [-0.1, -0.05) is 70.7 Å². The van der Waals surface area contributed by atoms with E-state index in [9.17, 15) is 28.8 Å². The number of nitrogens with two attached hydrogens (primary N) is 2. The maximum atomic E-state index is 13.5. The molecule has 6 N–H and O–H groups in total. The second-order valence-corrected chi connectivity index (χ2v) is 16.2. The molecular formula is C46H52Cl4N4O14. The van der Waals surface area contributed by atoms with Gasteiger partial charge in [0.15, 0.2) is 0 Å². The number of hydrogen-bond acceptors (Lipinski definition) is 18. The Balaban J connectivity index is 1.43. The van der Waals surface area contributed by atoms with Crippen molar-refractivity contribution in [1.82, 2.24) is 10.6 Å². The molecule has 0 bridgehead atoms. The van der Waals surface area contributed by atoms with Crippen LogP contribution in [0.1, 0.15) is 50.7 Å². The number of ether oxygens (including phenoxy) is 8. The van der Waals surface area contributed by atoms with Crippen LogP contribution in [0, 0.1) is 0 Å². The highest BCUT2D eigenvalue weighted by Crippen LogP contribution is 2.45. The van der Waals surface area contributed by atoms with Crippen LogP contribution in [0.5, 0.6) is 0 Å². The molecule has 0 amide bonds.